The molecule has 0 aromatic heterocycles. The van der Waals surface area contributed by atoms with Gasteiger partial charge in [-0.3, -0.25) is 0 Å². The van der Waals surface area contributed by atoms with Gasteiger partial charge in [-0.15, -0.1) is 0 Å². The van der Waals surface area contributed by atoms with E-state index in [0.29, 0.717) is 0 Å². The topological polar surface area (TPSA) is 0 Å². The summed E-state index contributed by atoms with van der Waals surface area (Å²) in [4.78, 5) is 0. The zero-order chi connectivity index (χ0) is 42.4. The van der Waals surface area contributed by atoms with E-state index in [1.54, 1.807) is 0 Å². The molecule has 0 aliphatic rings. The quantitative estimate of drug-likeness (QED) is 0.141. The highest BCUT2D eigenvalue weighted by Crippen LogP contribution is 2.49. The summed E-state index contributed by atoms with van der Waals surface area (Å²) in [5.41, 5.74) is 16.9. The van der Waals surface area contributed by atoms with E-state index in [2.05, 4.69) is 255 Å². The molecule has 0 atom stereocenters. The third-order valence-electron chi connectivity index (χ3n) is 13.0. The van der Waals surface area contributed by atoms with Crippen molar-refractivity contribution in [1.29, 1.82) is 0 Å². The smallest absolute Gasteiger partial charge is 0.00259 e. The molecular formula is C64H42. The monoisotopic (exact) mass is 810 g/mol. The first-order valence-corrected chi connectivity index (χ1v) is 22.2. The third-order valence-corrected chi connectivity index (χ3v) is 13.0. The van der Waals surface area contributed by atoms with Gasteiger partial charge in [0.25, 0.3) is 0 Å². The highest BCUT2D eigenvalue weighted by molar-refractivity contribution is 6.24. The molecule has 0 unspecified atom stereocenters. The van der Waals surface area contributed by atoms with Gasteiger partial charge in [0.05, 0.1) is 0 Å². The van der Waals surface area contributed by atoms with Crippen LogP contribution in [-0.2, 0) is 0 Å². The Morgan fingerprint density at radius 1 is 0.125 bits per heavy atom. The van der Waals surface area contributed by atoms with E-state index in [1.165, 1.54) is 121 Å². The van der Waals surface area contributed by atoms with E-state index < -0.39 is 0 Å². The normalized spacial score (nSPS) is 11.4. The van der Waals surface area contributed by atoms with Crippen LogP contribution >= 0.6 is 0 Å². The maximum absolute atomic E-state index is 2.47. The summed E-state index contributed by atoms with van der Waals surface area (Å²) in [6.45, 7) is 0. The number of rotatable bonds is 7. The molecule has 298 valence electrons. The van der Waals surface area contributed by atoms with Crippen LogP contribution in [0, 0.1) is 0 Å². The molecule has 12 aromatic rings. The molecule has 12 aromatic carbocycles. The van der Waals surface area contributed by atoms with E-state index in [0.717, 1.165) is 0 Å². The minimum atomic E-state index is 1.17. The second-order valence-electron chi connectivity index (χ2n) is 16.7. The molecule has 0 saturated carbocycles. The molecule has 0 N–H and O–H groups in total. The van der Waals surface area contributed by atoms with Crippen molar-refractivity contribution in [2.45, 2.75) is 0 Å². The first-order valence-electron chi connectivity index (χ1n) is 22.2. The summed E-state index contributed by atoms with van der Waals surface area (Å²) < 4.78 is 0. The Kier molecular flexibility index (Phi) is 9.28. The van der Waals surface area contributed by atoms with Gasteiger partial charge in [0, 0.05) is 0 Å². The van der Waals surface area contributed by atoms with Crippen molar-refractivity contribution in [1.82, 2.24) is 0 Å². The van der Waals surface area contributed by atoms with Crippen LogP contribution in [0.4, 0.5) is 0 Å². The van der Waals surface area contributed by atoms with Crippen LogP contribution in [-0.4, -0.2) is 0 Å². The SMILES string of the molecule is c1ccc(-c2cc(-c3ccccc3)cc(-c3cc(-c4c5ccccc5c(-c5ccccc5)c5ccccc45)cc(-c4c5ccccc5c(-c5ccccc5)c5ccccc45)c3)c2)cc1. The summed E-state index contributed by atoms with van der Waals surface area (Å²) in [6.07, 6.45) is 0. The van der Waals surface area contributed by atoms with Gasteiger partial charge in [0.2, 0.25) is 0 Å². The Hall–Kier alpha value is -8.32. The van der Waals surface area contributed by atoms with Gasteiger partial charge in [-0.05, 0) is 157 Å². The Morgan fingerprint density at radius 3 is 0.562 bits per heavy atom. The molecular weight excluding hydrogens is 769 g/mol. The first-order chi connectivity index (χ1) is 31.8. The van der Waals surface area contributed by atoms with Gasteiger partial charge >= 0.3 is 0 Å². The third kappa shape index (κ3) is 6.48. The standard InChI is InChI=1S/C64H42/c1-5-21-43(22-6-1)47-37-48(44-23-7-2-8-24-44)39-49(38-47)50-40-51(63-57-33-17-13-29-53(57)61(45-25-9-3-10-26-45)54-30-14-18-34-58(54)63)42-52(41-50)64-59-35-19-15-31-55(59)62(46-27-11-4-12-28-46)56-32-16-20-36-60(56)64/h1-42H. The maximum Gasteiger partial charge on any atom is -0.00259 e. The van der Waals surface area contributed by atoms with E-state index >= 15 is 0 Å². The van der Waals surface area contributed by atoms with Crippen molar-refractivity contribution in [3.63, 3.8) is 0 Å². The predicted octanol–water partition coefficient (Wildman–Crippen LogP) is 18.0. The predicted molar refractivity (Wildman–Crippen MR) is 275 cm³/mol. The summed E-state index contributed by atoms with van der Waals surface area (Å²) >= 11 is 0. The lowest BCUT2D eigenvalue weighted by Crippen LogP contribution is -1.94. The number of fused-ring (bicyclic) bond motifs is 4. The van der Waals surface area contributed by atoms with Crippen LogP contribution in [0.3, 0.4) is 0 Å². The zero-order valence-corrected chi connectivity index (χ0v) is 35.2. The van der Waals surface area contributed by atoms with Crippen LogP contribution in [0.2, 0.25) is 0 Å². The van der Waals surface area contributed by atoms with Crippen LogP contribution in [0.25, 0.3) is 121 Å². The van der Waals surface area contributed by atoms with Crippen molar-refractivity contribution >= 4 is 43.1 Å². The maximum atomic E-state index is 2.47. The van der Waals surface area contributed by atoms with Crippen molar-refractivity contribution < 1.29 is 0 Å². The fraction of sp³-hybridized carbons (Fsp3) is 0. The van der Waals surface area contributed by atoms with Crippen molar-refractivity contribution in [2.75, 3.05) is 0 Å². The lowest BCUT2D eigenvalue weighted by Gasteiger charge is -2.21. The fourth-order valence-corrected chi connectivity index (χ4v) is 10.2. The van der Waals surface area contributed by atoms with Crippen molar-refractivity contribution in [2.24, 2.45) is 0 Å². The van der Waals surface area contributed by atoms with E-state index in [4.69, 9.17) is 0 Å². The highest BCUT2D eigenvalue weighted by Gasteiger charge is 2.21. The largest absolute Gasteiger partial charge is 0.0622 e. The van der Waals surface area contributed by atoms with Crippen LogP contribution in [0.5, 0.6) is 0 Å². The summed E-state index contributed by atoms with van der Waals surface area (Å²) in [7, 11) is 0. The molecule has 0 saturated heterocycles. The van der Waals surface area contributed by atoms with Gasteiger partial charge in [-0.25, -0.2) is 0 Å². The molecule has 0 amide bonds. The molecule has 0 nitrogen and oxygen atoms in total. The second kappa shape index (κ2) is 15.9. The fourth-order valence-electron chi connectivity index (χ4n) is 10.2. The van der Waals surface area contributed by atoms with E-state index in [-0.39, 0.29) is 0 Å². The molecule has 0 aliphatic carbocycles. The molecule has 0 radical (unpaired) electrons. The van der Waals surface area contributed by atoms with Gasteiger partial charge < -0.3 is 0 Å². The van der Waals surface area contributed by atoms with Gasteiger partial charge in [0.1, 0.15) is 0 Å². The summed E-state index contributed by atoms with van der Waals surface area (Å²) in [6, 6.07) is 93.8. The summed E-state index contributed by atoms with van der Waals surface area (Å²) in [5.74, 6) is 0. The van der Waals surface area contributed by atoms with E-state index in [1.807, 2.05) is 0 Å². The molecule has 0 spiro atoms. The Morgan fingerprint density at radius 2 is 0.297 bits per heavy atom. The number of hydrogen-bond donors (Lipinski definition) is 0. The minimum absolute atomic E-state index is 1.17. The Labute approximate surface area is 374 Å². The molecule has 0 fully saturated rings. The molecule has 0 heterocycles. The number of benzene rings is 12. The lowest BCUT2D eigenvalue weighted by atomic mass is 9.82. The highest BCUT2D eigenvalue weighted by atomic mass is 14.2. The molecule has 64 heavy (non-hydrogen) atoms. The summed E-state index contributed by atoms with van der Waals surface area (Å²) in [5, 5.41) is 9.93. The molecule has 0 heteroatoms. The Bertz CT molecular complexity index is 3330. The van der Waals surface area contributed by atoms with Gasteiger partial charge in [-0.1, -0.05) is 218 Å². The van der Waals surface area contributed by atoms with Gasteiger partial charge in [-0.2, -0.15) is 0 Å². The molecule has 0 aliphatic heterocycles. The second-order valence-corrected chi connectivity index (χ2v) is 16.7. The Balaban J connectivity index is 1.22. The molecule has 0 bridgehead atoms. The number of hydrogen-bond acceptors (Lipinski definition) is 0. The van der Waals surface area contributed by atoms with Crippen LogP contribution in [0.1, 0.15) is 0 Å². The van der Waals surface area contributed by atoms with Crippen LogP contribution < -0.4 is 0 Å². The van der Waals surface area contributed by atoms with Gasteiger partial charge in [0.15, 0.2) is 0 Å². The lowest BCUT2D eigenvalue weighted by molar-refractivity contribution is 1.56. The zero-order valence-electron chi connectivity index (χ0n) is 35.2. The molecule has 12 rings (SSSR count). The van der Waals surface area contributed by atoms with Crippen molar-refractivity contribution in [3.8, 4) is 77.9 Å². The van der Waals surface area contributed by atoms with Crippen LogP contribution in [0.15, 0.2) is 255 Å². The minimum Gasteiger partial charge on any atom is -0.0622 e. The first kappa shape index (κ1) is 37.4. The van der Waals surface area contributed by atoms with Crippen molar-refractivity contribution in [3.05, 3.63) is 255 Å². The average molecular weight is 811 g/mol. The average Bonchev–Trinajstić information content (AvgIpc) is 3.38. The van der Waals surface area contributed by atoms with E-state index in [9.17, 15) is 0 Å².